The molecule has 2 rings (SSSR count). The molecule has 1 aromatic carbocycles. The zero-order valence-electron chi connectivity index (χ0n) is 13.8. The second-order valence-electron chi connectivity index (χ2n) is 5.90. The van der Waals surface area contributed by atoms with Gasteiger partial charge in [0.2, 0.25) is 0 Å². The minimum absolute atomic E-state index is 0.0670. The number of rotatable bonds is 6. The Labute approximate surface area is 152 Å². The van der Waals surface area contributed by atoms with Crippen LogP contribution in [-0.2, 0) is 4.84 Å². The van der Waals surface area contributed by atoms with Gasteiger partial charge in [-0.05, 0) is 26.0 Å². The van der Waals surface area contributed by atoms with Crippen LogP contribution < -0.4 is 5.32 Å². The lowest BCUT2D eigenvalue weighted by Gasteiger charge is -2.24. The third kappa shape index (κ3) is 4.89. The minimum atomic E-state index is -0.202. The fourth-order valence-electron chi connectivity index (χ4n) is 2.35. The molecule has 1 heterocycles. The molecule has 0 aliphatic carbocycles. The van der Waals surface area contributed by atoms with E-state index in [-0.39, 0.29) is 18.2 Å². The van der Waals surface area contributed by atoms with Crippen LogP contribution in [0.3, 0.4) is 0 Å². The Morgan fingerprint density at radius 1 is 1.50 bits per heavy atom. The Kier molecular flexibility index (Phi) is 6.52. The summed E-state index contributed by atoms with van der Waals surface area (Å²) in [6.07, 6.45) is 2.09. The molecule has 0 saturated carbocycles. The average Bonchev–Trinajstić information content (AvgIpc) is 2.97. The average molecular weight is 370 g/mol. The van der Waals surface area contributed by atoms with Crippen molar-refractivity contribution in [3.8, 4) is 0 Å². The van der Waals surface area contributed by atoms with Crippen LogP contribution in [0.4, 0.5) is 4.79 Å². The Morgan fingerprint density at radius 2 is 2.25 bits per heavy atom. The van der Waals surface area contributed by atoms with Crippen molar-refractivity contribution in [1.29, 1.82) is 0 Å². The molecule has 0 aromatic heterocycles. The number of nitrogens with zero attached hydrogens (tertiary/aromatic N) is 2. The predicted octanol–water partition coefficient (Wildman–Crippen LogP) is 4.09. The highest BCUT2D eigenvalue weighted by molar-refractivity contribution is 6.42. The van der Waals surface area contributed by atoms with Gasteiger partial charge in [-0.1, -0.05) is 40.5 Å². The fraction of sp³-hybridized carbons (Fsp3) is 0.412. The van der Waals surface area contributed by atoms with Crippen molar-refractivity contribution in [3.05, 3.63) is 46.5 Å². The van der Waals surface area contributed by atoms with Gasteiger partial charge in [0.1, 0.15) is 0 Å². The molecule has 0 saturated heterocycles. The molecule has 0 radical (unpaired) electrons. The smallest absolute Gasteiger partial charge is 0.318 e. The Bertz CT molecular complexity index is 647. The first-order valence-electron chi connectivity index (χ1n) is 7.75. The second kappa shape index (κ2) is 8.40. The summed E-state index contributed by atoms with van der Waals surface area (Å²) in [7, 11) is 0. The summed E-state index contributed by atoms with van der Waals surface area (Å²) in [5.41, 5.74) is 1.66. The van der Waals surface area contributed by atoms with Crippen molar-refractivity contribution in [2.75, 3.05) is 13.1 Å². The third-order valence-electron chi connectivity index (χ3n) is 3.46. The summed E-state index contributed by atoms with van der Waals surface area (Å²) < 4.78 is 0. The van der Waals surface area contributed by atoms with E-state index < -0.39 is 0 Å². The van der Waals surface area contributed by atoms with Gasteiger partial charge in [-0.25, -0.2) is 4.79 Å². The van der Waals surface area contributed by atoms with Crippen LogP contribution in [0.5, 0.6) is 0 Å². The van der Waals surface area contributed by atoms with Gasteiger partial charge in [-0.3, -0.25) is 0 Å². The number of urea groups is 1. The molecule has 1 N–H and O–H groups in total. The number of amides is 2. The SMILES string of the molecule is C=CCN(C[C@H]1CC(c2ccc(Cl)c(Cl)c2)=NO1)C(=O)NC(C)C. The first-order valence-corrected chi connectivity index (χ1v) is 8.50. The first kappa shape index (κ1) is 18.6. The van der Waals surface area contributed by atoms with Crippen LogP contribution in [0.1, 0.15) is 25.8 Å². The normalized spacial score (nSPS) is 16.5. The lowest BCUT2D eigenvalue weighted by molar-refractivity contribution is 0.0626. The van der Waals surface area contributed by atoms with Crippen molar-refractivity contribution in [3.63, 3.8) is 0 Å². The lowest BCUT2D eigenvalue weighted by Crippen LogP contribution is -2.46. The topological polar surface area (TPSA) is 53.9 Å². The molecule has 130 valence electrons. The lowest BCUT2D eigenvalue weighted by atomic mass is 10.0. The Morgan fingerprint density at radius 3 is 2.88 bits per heavy atom. The highest BCUT2D eigenvalue weighted by Crippen LogP contribution is 2.25. The number of carbonyl (C=O) groups is 1. The van der Waals surface area contributed by atoms with Crippen LogP contribution in [0.25, 0.3) is 0 Å². The maximum Gasteiger partial charge on any atom is 0.318 e. The van der Waals surface area contributed by atoms with E-state index in [9.17, 15) is 4.79 Å². The number of benzene rings is 1. The molecule has 7 heteroatoms. The molecule has 1 aliphatic rings. The highest BCUT2D eigenvalue weighted by atomic mass is 35.5. The van der Waals surface area contributed by atoms with Gasteiger partial charge in [-0.15, -0.1) is 6.58 Å². The van der Waals surface area contributed by atoms with Crippen molar-refractivity contribution in [1.82, 2.24) is 10.2 Å². The number of nitrogens with one attached hydrogen (secondary N) is 1. The molecule has 0 fully saturated rings. The molecule has 5 nitrogen and oxygen atoms in total. The van der Waals surface area contributed by atoms with Gasteiger partial charge in [0.05, 0.1) is 22.3 Å². The monoisotopic (exact) mass is 369 g/mol. The maximum absolute atomic E-state index is 12.2. The molecule has 1 aliphatic heterocycles. The zero-order valence-corrected chi connectivity index (χ0v) is 15.3. The number of halogens is 2. The molecule has 24 heavy (non-hydrogen) atoms. The van der Waals surface area contributed by atoms with Gasteiger partial charge in [0.25, 0.3) is 0 Å². The molecule has 0 spiro atoms. The number of oxime groups is 1. The minimum Gasteiger partial charge on any atom is -0.390 e. The van der Waals surface area contributed by atoms with Gasteiger partial charge < -0.3 is 15.1 Å². The van der Waals surface area contributed by atoms with Gasteiger partial charge >= 0.3 is 6.03 Å². The van der Waals surface area contributed by atoms with Gasteiger partial charge in [0, 0.05) is 24.6 Å². The summed E-state index contributed by atoms with van der Waals surface area (Å²) in [4.78, 5) is 19.3. The van der Waals surface area contributed by atoms with E-state index in [4.69, 9.17) is 28.0 Å². The predicted molar refractivity (Wildman–Crippen MR) is 97.9 cm³/mol. The van der Waals surface area contributed by atoms with E-state index in [0.717, 1.165) is 11.3 Å². The molecule has 0 unspecified atom stereocenters. The molecule has 0 bridgehead atoms. The second-order valence-corrected chi connectivity index (χ2v) is 6.71. The molecular weight excluding hydrogens is 349 g/mol. The van der Waals surface area contributed by atoms with Crippen molar-refractivity contribution >= 4 is 34.9 Å². The summed E-state index contributed by atoms with van der Waals surface area (Å²) in [6, 6.07) is 5.27. The van der Waals surface area contributed by atoms with E-state index in [1.165, 1.54) is 0 Å². The molecule has 2 amide bonds. The van der Waals surface area contributed by atoms with Crippen molar-refractivity contribution in [2.24, 2.45) is 5.16 Å². The van der Waals surface area contributed by atoms with Crippen molar-refractivity contribution in [2.45, 2.75) is 32.4 Å². The van der Waals surface area contributed by atoms with Crippen LogP contribution in [0.15, 0.2) is 36.0 Å². The highest BCUT2D eigenvalue weighted by Gasteiger charge is 2.26. The molecule has 1 atom stereocenters. The standard InChI is InChI=1S/C17H21Cl2N3O2/c1-4-7-22(17(23)20-11(2)3)10-13-9-16(21-24-13)12-5-6-14(18)15(19)8-12/h4-6,8,11,13H,1,7,9-10H2,2-3H3,(H,20,23)/t13-/m1/s1. The van der Waals surface area contributed by atoms with E-state index in [0.29, 0.717) is 29.6 Å². The van der Waals surface area contributed by atoms with Crippen LogP contribution in [0, 0.1) is 0 Å². The third-order valence-corrected chi connectivity index (χ3v) is 4.20. The van der Waals surface area contributed by atoms with Crippen LogP contribution in [-0.4, -0.2) is 41.9 Å². The summed E-state index contributed by atoms with van der Waals surface area (Å²) in [5, 5.41) is 7.97. The van der Waals surface area contributed by atoms with E-state index in [2.05, 4.69) is 17.1 Å². The summed E-state index contributed by atoms with van der Waals surface area (Å²) >= 11 is 12.0. The first-order chi connectivity index (χ1) is 11.4. The quantitative estimate of drug-likeness (QED) is 0.767. The van der Waals surface area contributed by atoms with Gasteiger partial charge in [0.15, 0.2) is 6.10 Å². The van der Waals surface area contributed by atoms with E-state index >= 15 is 0 Å². The van der Waals surface area contributed by atoms with Crippen LogP contribution >= 0.6 is 23.2 Å². The molecule has 1 aromatic rings. The fourth-order valence-corrected chi connectivity index (χ4v) is 2.65. The van der Waals surface area contributed by atoms with E-state index in [1.54, 1.807) is 23.1 Å². The number of carbonyl (C=O) groups excluding carboxylic acids is 1. The van der Waals surface area contributed by atoms with E-state index in [1.807, 2.05) is 19.9 Å². The maximum atomic E-state index is 12.2. The Hall–Kier alpha value is -1.72. The van der Waals surface area contributed by atoms with Crippen molar-refractivity contribution < 1.29 is 9.63 Å². The Balaban J connectivity index is 1.98. The largest absolute Gasteiger partial charge is 0.390 e. The van der Waals surface area contributed by atoms with Gasteiger partial charge in [-0.2, -0.15) is 0 Å². The molecular formula is C17H21Cl2N3O2. The summed E-state index contributed by atoms with van der Waals surface area (Å²) in [6.45, 7) is 8.41. The summed E-state index contributed by atoms with van der Waals surface area (Å²) in [5.74, 6) is 0. The number of hydrogen-bond acceptors (Lipinski definition) is 3. The number of hydrogen-bond donors (Lipinski definition) is 1. The van der Waals surface area contributed by atoms with Crippen LogP contribution in [0.2, 0.25) is 10.0 Å². The zero-order chi connectivity index (χ0) is 17.7.